The molecule has 106 valence electrons. The number of aromatic nitrogens is 1. The van der Waals surface area contributed by atoms with Gasteiger partial charge in [-0.3, -0.25) is 4.79 Å². The number of hydrogen-bond acceptors (Lipinski definition) is 2. The van der Waals surface area contributed by atoms with Gasteiger partial charge in [0.1, 0.15) is 0 Å². The normalized spacial score (nSPS) is 12.0. The van der Waals surface area contributed by atoms with Gasteiger partial charge in [-0.05, 0) is 48.7 Å². The molecular weight excluding hydrogens is 280 g/mol. The Kier molecular flexibility index (Phi) is 3.88. The lowest BCUT2D eigenvalue weighted by molar-refractivity contribution is 0.0940. The van der Waals surface area contributed by atoms with Crippen molar-refractivity contribution in [3.63, 3.8) is 0 Å². The van der Waals surface area contributed by atoms with Gasteiger partial charge in [-0.2, -0.15) is 0 Å². The number of carbonyl (C=O) groups excluding carboxylic acids is 1. The van der Waals surface area contributed by atoms with E-state index in [4.69, 9.17) is 0 Å². The van der Waals surface area contributed by atoms with Gasteiger partial charge in [0.25, 0.3) is 5.91 Å². The van der Waals surface area contributed by atoms with Gasteiger partial charge in [0.2, 0.25) is 0 Å². The van der Waals surface area contributed by atoms with E-state index in [9.17, 15) is 4.79 Å². The largest absolute Gasteiger partial charge is 0.345 e. The maximum Gasteiger partial charge on any atom is 0.251 e. The molecule has 0 bridgehead atoms. The van der Waals surface area contributed by atoms with Gasteiger partial charge in [0.15, 0.2) is 0 Å². The van der Waals surface area contributed by atoms with E-state index >= 15 is 0 Å². The summed E-state index contributed by atoms with van der Waals surface area (Å²) in [6, 6.07) is 15.6. The van der Waals surface area contributed by atoms with Crippen molar-refractivity contribution < 1.29 is 4.79 Å². The molecule has 3 aromatic rings. The lowest BCUT2D eigenvalue weighted by Gasteiger charge is -2.13. The lowest BCUT2D eigenvalue weighted by atomic mass is 10.1. The zero-order valence-electron chi connectivity index (χ0n) is 11.7. The van der Waals surface area contributed by atoms with Crippen molar-refractivity contribution in [1.29, 1.82) is 0 Å². The highest BCUT2D eigenvalue weighted by Crippen LogP contribution is 2.19. The number of benzene rings is 1. The third-order valence-corrected chi connectivity index (χ3v) is 4.38. The number of hydrogen-bond donors (Lipinski definition) is 1. The molecule has 1 amide bonds. The summed E-state index contributed by atoms with van der Waals surface area (Å²) < 4.78 is 1.99. The number of nitrogens with one attached hydrogen (secondary N) is 1. The van der Waals surface area contributed by atoms with Crippen LogP contribution >= 0.6 is 11.3 Å². The molecule has 3 rings (SSSR count). The highest BCUT2D eigenvalue weighted by molar-refractivity contribution is 7.10. The molecular formula is C17H16N2OS. The van der Waals surface area contributed by atoms with E-state index in [1.807, 2.05) is 77.8 Å². The van der Waals surface area contributed by atoms with Crippen LogP contribution in [-0.2, 0) is 0 Å². The topological polar surface area (TPSA) is 34.0 Å². The summed E-state index contributed by atoms with van der Waals surface area (Å²) in [4.78, 5) is 13.5. The van der Waals surface area contributed by atoms with Gasteiger partial charge < -0.3 is 9.88 Å². The Labute approximate surface area is 127 Å². The molecule has 0 saturated carbocycles. The molecule has 0 aliphatic rings. The standard InChI is InChI=1S/C17H16N2OS/c1-13(16-8-5-11-21-16)18-17(20)14-6-4-7-15(12-14)19-9-2-3-10-19/h2-13H,1H3,(H,18,20)/t13-/m0/s1. The Balaban J connectivity index is 1.77. The van der Waals surface area contributed by atoms with Gasteiger partial charge in [0.05, 0.1) is 6.04 Å². The van der Waals surface area contributed by atoms with Crippen molar-refractivity contribution in [2.45, 2.75) is 13.0 Å². The molecule has 1 aromatic carbocycles. The first-order chi connectivity index (χ1) is 10.2. The van der Waals surface area contributed by atoms with E-state index < -0.39 is 0 Å². The Morgan fingerprint density at radius 2 is 1.95 bits per heavy atom. The van der Waals surface area contributed by atoms with Gasteiger partial charge in [-0.25, -0.2) is 0 Å². The first kappa shape index (κ1) is 13.6. The quantitative estimate of drug-likeness (QED) is 0.775. The van der Waals surface area contributed by atoms with Crippen molar-refractivity contribution in [3.05, 3.63) is 76.7 Å². The van der Waals surface area contributed by atoms with Gasteiger partial charge in [-0.15, -0.1) is 11.3 Å². The molecule has 0 spiro atoms. The Bertz CT molecular complexity index is 717. The van der Waals surface area contributed by atoms with Crippen molar-refractivity contribution in [2.24, 2.45) is 0 Å². The molecule has 2 aromatic heterocycles. The molecule has 21 heavy (non-hydrogen) atoms. The minimum atomic E-state index is -0.0510. The predicted molar refractivity (Wildman–Crippen MR) is 86.0 cm³/mol. The van der Waals surface area contributed by atoms with Crippen LogP contribution in [0.1, 0.15) is 28.2 Å². The second-order valence-corrected chi connectivity index (χ2v) is 5.83. The van der Waals surface area contributed by atoms with E-state index in [0.717, 1.165) is 10.6 Å². The molecule has 4 heteroatoms. The number of rotatable bonds is 4. The van der Waals surface area contributed by atoms with Crippen LogP contribution in [0.5, 0.6) is 0 Å². The smallest absolute Gasteiger partial charge is 0.251 e. The highest BCUT2D eigenvalue weighted by Gasteiger charge is 2.12. The minimum Gasteiger partial charge on any atom is -0.345 e. The lowest BCUT2D eigenvalue weighted by Crippen LogP contribution is -2.26. The van der Waals surface area contributed by atoms with Crippen LogP contribution in [0.15, 0.2) is 66.3 Å². The average molecular weight is 296 g/mol. The Morgan fingerprint density at radius 3 is 2.67 bits per heavy atom. The summed E-state index contributed by atoms with van der Waals surface area (Å²) in [7, 11) is 0. The van der Waals surface area contributed by atoms with Crippen LogP contribution < -0.4 is 5.32 Å². The fraction of sp³-hybridized carbons (Fsp3) is 0.118. The Morgan fingerprint density at radius 1 is 1.14 bits per heavy atom. The molecule has 0 unspecified atom stereocenters. The van der Waals surface area contributed by atoms with Crippen molar-refractivity contribution in [2.75, 3.05) is 0 Å². The van der Waals surface area contributed by atoms with E-state index in [1.165, 1.54) is 0 Å². The Hall–Kier alpha value is -2.33. The first-order valence-electron chi connectivity index (χ1n) is 6.82. The van der Waals surface area contributed by atoms with Crippen molar-refractivity contribution in [3.8, 4) is 5.69 Å². The number of carbonyl (C=O) groups is 1. The molecule has 0 aliphatic heterocycles. The number of nitrogens with zero attached hydrogens (tertiary/aromatic N) is 1. The second kappa shape index (κ2) is 5.97. The second-order valence-electron chi connectivity index (χ2n) is 4.85. The maximum atomic E-state index is 12.4. The summed E-state index contributed by atoms with van der Waals surface area (Å²) >= 11 is 1.65. The van der Waals surface area contributed by atoms with Crippen molar-refractivity contribution >= 4 is 17.2 Å². The molecule has 1 N–H and O–H groups in total. The van der Waals surface area contributed by atoms with E-state index in [-0.39, 0.29) is 11.9 Å². The van der Waals surface area contributed by atoms with Crippen LogP contribution in [0.25, 0.3) is 5.69 Å². The summed E-state index contributed by atoms with van der Waals surface area (Å²) in [5.41, 5.74) is 1.65. The molecule has 2 heterocycles. The summed E-state index contributed by atoms with van der Waals surface area (Å²) in [5.74, 6) is -0.0510. The zero-order chi connectivity index (χ0) is 14.7. The maximum absolute atomic E-state index is 12.4. The molecule has 0 fully saturated rings. The fourth-order valence-corrected chi connectivity index (χ4v) is 2.94. The molecule has 1 atom stereocenters. The number of amides is 1. The first-order valence-corrected chi connectivity index (χ1v) is 7.70. The predicted octanol–water partition coefficient (Wildman–Crippen LogP) is 4.03. The van der Waals surface area contributed by atoms with Crippen LogP contribution in [0, 0.1) is 0 Å². The summed E-state index contributed by atoms with van der Waals surface area (Å²) in [6.45, 7) is 2.00. The molecule has 3 nitrogen and oxygen atoms in total. The summed E-state index contributed by atoms with van der Waals surface area (Å²) in [5, 5.41) is 5.05. The van der Waals surface area contributed by atoms with Crippen molar-refractivity contribution in [1.82, 2.24) is 9.88 Å². The molecule has 0 aliphatic carbocycles. The molecule has 0 saturated heterocycles. The summed E-state index contributed by atoms with van der Waals surface area (Å²) in [6.07, 6.45) is 3.93. The van der Waals surface area contributed by atoms with Crippen LogP contribution in [0.3, 0.4) is 0 Å². The van der Waals surface area contributed by atoms with Gasteiger partial charge in [0, 0.05) is 28.5 Å². The van der Waals surface area contributed by atoms with E-state index in [1.54, 1.807) is 11.3 Å². The van der Waals surface area contributed by atoms with E-state index in [0.29, 0.717) is 5.56 Å². The van der Waals surface area contributed by atoms with Crippen LogP contribution in [0.4, 0.5) is 0 Å². The highest BCUT2D eigenvalue weighted by atomic mass is 32.1. The molecule has 0 radical (unpaired) electrons. The van der Waals surface area contributed by atoms with Crippen LogP contribution in [-0.4, -0.2) is 10.5 Å². The fourth-order valence-electron chi connectivity index (χ4n) is 2.20. The SMILES string of the molecule is C[C@H](NC(=O)c1cccc(-n2cccc2)c1)c1cccs1. The zero-order valence-corrected chi connectivity index (χ0v) is 12.5. The van der Waals surface area contributed by atoms with E-state index in [2.05, 4.69) is 5.32 Å². The van der Waals surface area contributed by atoms with Gasteiger partial charge in [-0.1, -0.05) is 12.1 Å². The van der Waals surface area contributed by atoms with Crippen LogP contribution in [0.2, 0.25) is 0 Å². The third-order valence-electron chi connectivity index (χ3n) is 3.33. The minimum absolute atomic E-state index is 0.0211. The average Bonchev–Trinajstić information content (AvgIpc) is 3.20. The third kappa shape index (κ3) is 3.06. The monoisotopic (exact) mass is 296 g/mol. The number of thiophene rings is 1. The van der Waals surface area contributed by atoms with Gasteiger partial charge >= 0.3 is 0 Å².